The van der Waals surface area contributed by atoms with Crippen LogP contribution < -0.4 is 4.90 Å². The van der Waals surface area contributed by atoms with Crippen molar-refractivity contribution in [1.82, 2.24) is 4.90 Å². The Morgan fingerprint density at radius 2 is 1.60 bits per heavy atom. The predicted octanol–water partition coefficient (Wildman–Crippen LogP) is 4.92. The maximum absolute atomic E-state index is 12.3. The number of carbonyl (C=O) groups excluding carboxylic acids is 2. The van der Waals surface area contributed by atoms with Crippen molar-refractivity contribution in [2.75, 3.05) is 31.1 Å². The SMILES string of the molecule is C=Cc1cc(Cl)c(N2CCN(C(=O)OC(C)(C)C)CC2)cc1CC(=O)OC(C)(C)C. The summed E-state index contributed by atoms with van der Waals surface area (Å²) >= 11 is 6.53. The molecule has 1 aliphatic heterocycles. The van der Waals surface area contributed by atoms with Crippen molar-refractivity contribution in [2.45, 2.75) is 59.2 Å². The first-order valence-electron chi connectivity index (χ1n) is 10.2. The van der Waals surface area contributed by atoms with Gasteiger partial charge in [-0.25, -0.2) is 4.79 Å². The fourth-order valence-corrected chi connectivity index (χ4v) is 3.49. The predicted molar refractivity (Wildman–Crippen MR) is 121 cm³/mol. The zero-order valence-electron chi connectivity index (χ0n) is 18.9. The highest BCUT2D eigenvalue weighted by Gasteiger charge is 2.27. The Bertz CT molecular complexity index is 801. The van der Waals surface area contributed by atoms with Crippen LogP contribution in [0.15, 0.2) is 18.7 Å². The largest absolute Gasteiger partial charge is 0.460 e. The van der Waals surface area contributed by atoms with Crippen LogP contribution >= 0.6 is 11.6 Å². The molecule has 1 amide bonds. The van der Waals surface area contributed by atoms with E-state index in [1.807, 2.05) is 53.7 Å². The molecule has 0 saturated carbocycles. The van der Waals surface area contributed by atoms with Crippen LogP contribution in [-0.4, -0.2) is 54.3 Å². The number of amides is 1. The highest BCUT2D eigenvalue weighted by molar-refractivity contribution is 6.33. The van der Waals surface area contributed by atoms with Crippen molar-refractivity contribution in [1.29, 1.82) is 0 Å². The number of ether oxygens (including phenoxy) is 2. The number of hydrogen-bond acceptors (Lipinski definition) is 5. The van der Waals surface area contributed by atoms with Crippen LogP contribution in [0.4, 0.5) is 10.5 Å². The van der Waals surface area contributed by atoms with E-state index >= 15 is 0 Å². The number of piperazine rings is 1. The molecule has 6 nitrogen and oxygen atoms in total. The molecular weight excluding hydrogens is 404 g/mol. The van der Waals surface area contributed by atoms with E-state index < -0.39 is 11.2 Å². The minimum atomic E-state index is -0.543. The molecule has 166 valence electrons. The van der Waals surface area contributed by atoms with Crippen LogP contribution in [0.2, 0.25) is 5.02 Å². The zero-order valence-corrected chi connectivity index (χ0v) is 19.6. The van der Waals surface area contributed by atoms with Crippen molar-refractivity contribution in [3.05, 3.63) is 34.9 Å². The third-order valence-corrected chi connectivity index (χ3v) is 4.76. The van der Waals surface area contributed by atoms with Gasteiger partial charge in [0.05, 0.1) is 17.1 Å². The molecule has 1 aromatic carbocycles. The topological polar surface area (TPSA) is 59.1 Å². The third-order valence-electron chi connectivity index (χ3n) is 4.46. The molecule has 0 spiro atoms. The lowest BCUT2D eigenvalue weighted by Gasteiger charge is -2.37. The van der Waals surface area contributed by atoms with Crippen LogP contribution in [0.1, 0.15) is 52.7 Å². The number of halogens is 1. The van der Waals surface area contributed by atoms with Gasteiger partial charge >= 0.3 is 12.1 Å². The number of benzene rings is 1. The molecule has 30 heavy (non-hydrogen) atoms. The lowest BCUT2D eigenvalue weighted by Crippen LogP contribution is -2.50. The Kier molecular flexibility index (Phi) is 7.45. The van der Waals surface area contributed by atoms with Crippen LogP contribution in [0.3, 0.4) is 0 Å². The average Bonchev–Trinajstić information content (AvgIpc) is 2.60. The highest BCUT2D eigenvalue weighted by atomic mass is 35.5. The van der Waals surface area contributed by atoms with E-state index in [1.165, 1.54) is 0 Å². The summed E-state index contributed by atoms with van der Waals surface area (Å²) in [6, 6.07) is 3.75. The number of esters is 1. The van der Waals surface area contributed by atoms with Gasteiger partial charge in [0.25, 0.3) is 0 Å². The van der Waals surface area contributed by atoms with Crippen molar-refractivity contribution in [3.8, 4) is 0 Å². The summed E-state index contributed by atoms with van der Waals surface area (Å²) < 4.78 is 10.9. The maximum atomic E-state index is 12.3. The summed E-state index contributed by atoms with van der Waals surface area (Å²) in [5.41, 5.74) is 1.40. The molecule has 2 rings (SSSR count). The fraction of sp³-hybridized carbons (Fsp3) is 0.565. The summed E-state index contributed by atoms with van der Waals surface area (Å²) in [5, 5.41) is 0.587. The first-order chi connectivity index (χ1) is 13.8. The fourth-order valence-electron chi connectivity index (χ4n) is 3.20. The first kappa shape index (κ1) is 24.1. The summed E-state index contributed by atoms with van der Waals surface area (Å²) in [4.78, 5) is 28.5. The van der Waals surface area contributed by atoms with Crippen molar-refractivity contribution in [2.24, 2.45) is 0 Å². The lowest BCUT2D eigenvalue weighted by atomic mass is 10.0. The van der Waals surface area contributed by atoms with Crippen molar-refractivity contribution in [3.63, 3.8) is 0 Å². The Morgan fingerprint density at radius 1 is 1.03 bits per heavy atom. The molecular formula is C23H33ClN2O4. The van der Waals surface area contributed by atoms with Crippen molar-refractivity contribution < 1.29 is 19.1 Å². The Balaban J connectivity index is 2.14. The monoisotopic (exact) mass is 436 g/mol. The van der Waals surface area contributed by atoms with Crippen LogP contribution in [0.25, 0.3) is 6.08 Å². The third kappa shape index (κ3) is 6.94. The van der Waals surface area contributed by atoms with Crippen LogP contribution in [0.5, 0.6) is 0 Å². The van der Waals surface area contributed by atoms with Crippen LogP contribution in [0, 0.1) is 0 Å². The van der Waals surface area contributed by atoms with E-state index in [1.54, 1.807) is 11.0 Å². The summed E-state index contributed by atoms with van der Waals surface area (Å²) in [6.07, 6.45) is 1.53. The highest BCUT2D eigenvalue weighted by Crippen LogP contribution is 2.31. The van der Waals surface area contributed by atoms with Gasteiger partial charge in [0, 0.05) is 26.2 Å². The van der Waals surface area contributed by atoms with E-state index in [0.29, 0.717) is 31.2 Å². The van der Waals surface area contributed by atoms with E-state index in [0.717, 1.165) is 16.8 Å². The van der Waals surface area contributed by atoms with Gasteiger partial charge < -0.3 is 19.3 Å². The van der Waals surface area contributed by atoms with Gasteiger partial charge in [-0.2, -0.15) is 0 Å². The minimum absolute atomic E-state index is 0.140. The van der Waals surface area contributed by atoms with E-state index in [4.69, 9.17) is 21.1 Å². The molecule has 7 heteroatoms. The van der Waals surface area contributed by atoms with Gasteiger partial charge in [-0.1, -0.05) is 24.3 Å². The molecule has 0 aliphatic carbocycles. The summed E-state index contributed by atoms with van der Waals surface area (Å²) in [7, 11) is 0. The number of carbonyl (C=O) groups is 2. The normalized spacial score (nSPS) is 15.0. The molecule has 1 fully saturated rings. The average molecular weight is 437 g/mol. The van der Waals surface area contributed by atoms with Gasteiger partial charge in [-0.3, -0.25) is 4.79 Å². The molecule has 1 aliphatic rings. The summed E-state index contributed by atoms with van der Waals surface area (Å²) in [6.45, 7) is 17.3. The minimum Gasteiger partial charge on any atom is -0.460 e. The van der Waals surface area contributed by atoms with Gasteiger partial charge in [-0.05, 0) is 64.8 Å². The molecule has 0 radical (unpaired) electrons. The van der Waals surface area contributed by atoms with E-state index in [2.05, 4.69) is 11.5 Å². The Hall–Kier alpha value is -2.21. The second kappa shape index (κ2) is 9.29. The van der Waals surface area contributed by atoms with Gasteiger partial charge in [-0.15, -0.1) is 0 Å². The van der Waals surface area contributed by atoms with Crippen molar-refractivity contribution >= 4 is 35.4 Å². The second-order valence-electron chi connectivity index (χ2n) is 9.42. The molecule has 1 aromatic rings. The smallest absolute Gasteiger partial charge is 0.410 e. The number of nitrogens with zero attached hydrogens (tertiary/aromatic N) is 2. The quantitative estimate of drug-likeness (QED) is 0.626. The first-order valence-corrected chi connectivity index (χ1v) is 10.6. The molecule has 0 bridgehead atoms. The molecule has 1 heterocycles. The lowest BCUT2D eigenvalue weighted by molar-refractivity contribution is -0.153. The number of anilines is 1. The van der Waals surface area contributed by atoms with Gasteiger partial charge in [0.1, 0.15) is 11.2 Å². The molecule has 0 aromatic heterocycles. The van der Waals surface area contributed by atoms with E-state index in [9.17, 15) is 9.59 Å². The summed E-state index contributed by atoms with van der Waals surface area (Å²) in [5.74, 6) is -0.298. The molecule has 0 N–H and O–H groups in total. The number of rotatable bonds is 4. The van der Waals surface area contributed by atoms with Crippen LogP contribution in [-0.2, 0) is 20.7 Å². The molecule has 0 unspecified atom stereocenters. The van der Waals surface area contributed by atoms with E-state index in [-0.39, 0.29) is 18.5 Å². The zero-order chi connectivity index (χ0) is 22.7. The van der Waals surface area contributed by atoms with Gasteiger partial charge in [0.2, 0.25) is 0 Å². The number of hydrogen-bond donors (Lipinski definition) is 0. The molecule has 0 atom stereocenters. The Morgan fingerprint density at radius 3 is 2.10 bits per heavy atom. The Labute approximate surface area is 184 Å². The molecule has 1 saturated heterocycles. The van der Waals surface area contributed by atoms with Gasteiger partial charge in [0.15, 0.2) is 0 Å². The second-order valence-corrected chi connectivity index (χ2v) is 9.83. The standard InChI is InChI=1S/C23H33ClN2O4/c1-8-16-13-18(24)19(14-17(16)15-20(27)29-22(2,3)4)25-9-11-26(12-10-25)21(28)30-23(5,6)7/h8,13-14H,1,9-12,15H2,2-7H3. The maximum Gasteiger partial charge on any atom is 0.410 e.